The van der Waals surface area contributed by atoms with Gasteiger partial charge >= 0.3 is 7.82 Å². The third-order valence-corrected chi connectivity index (χ3v) is 10.3. The second-order valence-electron chi connectivity index (χ2n) is 14.0. The van der Waals surface area contributed by atoms with Crippen LogP contribution in [0.5, 0.6) is 0 Å². The topological polar surface area (TPSA) is 226 Å². The molecule has 0 aromatic rings. The summed E-state index contributed by atoms with van der Waals surface area (Å²) in [4.78, 5) is 23.2. The van der Waals surface area contributed by atoms with Gasteiger partial charge in [-0.2, -0.15) is 0 Å². The fourth-order valence-electron chi connectivity index (χ4n) is 6.02. The minimum Gasteiger partial charge on any atom is -0.393 e. The number of hydrogen-bond acceptors (Lipinski definition) is 11. The van der Waals surface area contributed by atoms with Crippen LogP contribution in [0.3, 0.4) is 0 Å². The first kappa shape index (κ1) is 47.8. The maximum atomic E-state index is 12.9. The van der Waals surface area contributed by atoms with Crippen molar-refractivity contribution in [3.63, 3.8) is 0 Å². The third kappa shape index (κ3) is 21.3. The highest BCUT2D eigenvalue weighted by atomic mass is 31.2. The Morgan fingerprint density at radius 2 is 1.16 bits per heavy atom. The molecule has 0 aliphatic heterocycles. The number of carbonyl (C=O) groups excluding carboxylic acids is 1. The van der Waals surface area contributed by atoms with Gasteiger partial charge < -0.3 is 46.0 Å². The van der Waals surface area contributed by atoms with Gasteiger partial charge in [-0.25, -0.2) is 4.57 Å². The van der Waals surface area contributed by atoms with Crippen LogP contribution in [0.1, 0.15) is 142 Å². The molecule has 0 aromatic carbocycles. The number of carbonyl (C=O) groups is 1. The van der Waals surface area contributed by atoms with Gasteiger partial charge in [0.15, 0.2) is 0 Å². The summed E-state index contributed by atoms with van der Waals surface area (Å²) < 4.78 is 22.7. The number of allylic oxidation sites excluding steroid dienone is 3. The summed E-state index contributed by atoms with van der Waals surface area (Å²) in [6.45, 7) is 3.63. The van der Waals surface area contributed by atoms with Crippen LogP contribution in [0.4, 0.5) is 0 Å². The Morgan fingerprint density at radius 3 is 1.73 bits per heavy atom. The highest BCUT2D eigenvalue weighted by Crippen LogP contribution is 2.47. The fraction of sp³-hybridized carbons (Fsp3) is 0.865. The Bertz CT molecular complexity index is 985. The van der Waals surface area contributed by atoms with Crippen molar-refractivity contribution in [1.29, 1.82) is 0 Å². The summed E-state index contributed by atoms with van der Waals surface area (Å²) in [5, 5.41) is 73.9. The molecule has 1 rings (SSSR count). The standard InChI is InChI=1S/C37H70NO12P/c1-3-5-7-9-11-13-15-17-19-21-23-25-30(40)29(27-49-51(47,48)50-37-35(45)33(43)32(42)34(44)36(37)46)38-31(41)26-28(39)24-22-20-18-16-14-12-10-8-6-4-2/h15,17,23,25,28-30,32-37,39-40,42-46H,3-14,16,18-22,24,26-27H2,1-2H3,(H,38,41)(H,47,48)/b17-15+,25-23+. The van der Waals surface area contributed by atoms with Crippen LogP contribution in [0.15, 0.2) is 24.3 Å². The minimum atomic E-state index is -5.13. The Kier molecular flexibility index (Phi) is 26.5. The Hall–Kier alpha value is -1.22. The number of nitrogens with one attached hydrogen (secondary N) is 1. The van der Waals surface area contributed by atoms with Crippen LogP contribution >= 0.6 is 7.82 Å². The average Bonchev–Trinajstić information content (AvgIpc) is 3.09. The SMILES string of the molecule is CCCCCCC/C=C/CC/C=C/C(O)C(COP(=O)(O)OC1C(O)C(O)C(O)C(O)C1O)NC(=O)CC(O)CCCCCCCCCCCC. The lowest BCUT2D eigenvalue weighted by molar-refractivity contribution is -0.220. The maximum Gasteiger partial charge on any atom is 0.472 e. The molecule has 14 heteroatoms. The molecule has 1 aliphatic rings. The molecule has 1 amide bonds. The first-order chi connectivity index (χ1) is 24.3. The van der Waals surface area contributed by atoms with E-state index in [2.05, 4.69) is 31.3 Å². The fourth-order valence-corrected chi connectivity index (χ4v) is 6.99. The molecular formula is C37H70NO12P. The van der Waals surface area contributed by atoms with Crippen molar-refractivity contribution in [2.75, 3.05) is 6.61 Å². The van der Waals surface area contributed by atoms with Crippen LogP contribution in [0.25, 0.3) is 0 Å². The Labute approximate surface area is 305 Å². The van der Waals surface area contributed by atoms with Crippen molar-refractivity contribution in [2.45, 2.75) is 197 Å². The van der Waals surface area contributed by atoms with Crippen molar-refractivity contribution in [2.24, 2.45) is 0 Å². The molecule has 1 saturated carbocycles. The monoisotopic (exact) mass is 751 g/mol. The summed E-state index contributed by atoms with van der Waals surface area (Å²) in [6.07, 6.45) is 13.0. The van der Waals surface area contributed by atoms with Crippen molar-refractivity contribution in [1.82, 2.24) is 5.32 Å². The Morgan fingerprint density at radius 1 is 0.686 bits per heavy atom. The molecule has 0 bridgehead atoms. The molecule has 0 radical (unpaired) electrons. The molecule has 8 unspecified atom stereocenters. The minimum absolute atomic E-state index is 0.251. The van der Waals surface area contributed by atoms with Gasteiger partial charge in [0, 0.05) is 0 Å². The molecule has 8 atom stereocenters. The van der Waals surface area contributed by atoms with Crippen LogP contribution in [-0.4, -0.2) is 108 Å². The number of aliphatic hydroxyl groups excluding tert-OH is 7. The molecule has 0 saturated heterocycles. The second kappa shape index (κ2) is 28.3. The van der Waals surface area contributed by atoms with Gasteiger partial charge in [0.05, 0.1) is 31.3 Å². The Balaban J connectivity index is 2.70. The van der Waals surface area contributed by atoms with Gasteiger partial charge in [0.1, 0.15) is 36.6 Å². The highest BCUT2D eigenvalue weighted by molar-refractivity contribution is 7.47. The number of aliphatic hydroxyl groups is 7. The van der Waals surface area contributed by atoms with Crippen molar-refractivity contribution < 1.29 is 59.0 Å². The van der Waals surface area contributed by atoms with E-state index in [0.717, 1.165) is 44.9 Å². The van der Waals surface area contributed by atoms with E-state index >= 15 is 0 Å². The summed E-state index contributed by atoms with van der Waals surface area (Å²) in [7, 11) is -5.13. The molecule has 0 aromatic heterocycles. The normalized spacial score (nSPS) is 25.6. The van der Waals surface area contributed by atoms with E-state index in [9.17, 15) is 50.0 Å². The van der Waals surface area contributed by atoms with Gasteiger partial charge in [-0.3, -0.25) is 13.8 Å². The lowest BCUT2D eigenvalue weighted by atomic mass is 9.85. The highest BCUT2D eigenvalue weighted by Gasteiger charge is 2.51. The smallest absolute Gasteiger partial charge is 0.393 e. The lowest BCUT2D eigenvalue weighted by Gasteiger charge is -2.41. The zero-order valence-electron chi connectivity index (χ0n) is 31.0. The third-order valence-electron chi connectivity index (χ3n) is 9.29. The lowest BCUT2D eigenvalue weighted by Crippen LogP contribution is -2.64. The molecule has 13 nitrogen and oxygen atoms in total. The zero-order valence-corrected chi connectivity index (χ0v) is 31.9. The van der Waals surface area contributed by atoms with Crippen molar-refractivity contribution in [3.05, 3.63) is 24.3 Å². The van der Waals surface area contributed by atoms with Crippen LogP contribution in [0.2, 0.25) is 0 Å². The number of phosphoric acid groups is 1. The molecule has 9 N–H and O–H groups in total. The molecule has 1 fully saturated rings. The van der Waals surface area contributed by atoms with E-state index in [-0.39, 0.29) is 6.42 Å². The van der Waals surface area contributed by atoms with Gasteiger partial charge in [0.2, 0.25) is 5.91 Å². The van der Waals surface area contributed by atoms with Crippen LogP contribution in [-0.2, 0) is 18.4 Å². The summed E-state index contributed by atoms with van der Waals surface area (Å²) in [6, 6.07) is -1.25. The first-order valence-corrected chi connectivity index (χ1v) is 20.9. The van der Waals surface area contributed by atoms with E-state index in [1.165, 1.54) is 70.3 Å². The van der Waals surface area contributed by atoms with E-state index in [1.54, 1.807) is 6.08 Å². The molecular weight excluding hydrogens is 681 g/mol. The maximum absolute atomic E-state index is 12.9. The average molecular weight is 752 g/mol. The predicted octanol–water partition coefficient (Wildman–Crippen LogP) is 4.47. The molecule has 1 aliphatic carbocycles. The van der Waals surface area contributed by atoms with Crippen molar-refractivity contribution in [3.8, 4) is 0 Å². The zero-order chi connectivity index (χ0) is 38.1. The molecule has 300 valence electrons. The number of hydrogen-bond donors (Lipinski definition) is 9. The second-order valence-corrected chi connectivity index (χ2v) is 15.4. The number of phosphoric ester groups is 1. The molecule has 51 heavy (non-hydrogen) atoms. The van der Waals surface area contributed by atoms with Crippen LogP contribution < -0.4 is 5.32 Å². The largest absolute Gasteiger partial charge is 0.472 e. The number of amides is 1. The van der Waals surface area contributed by atoms with E-state index in [4.69, 9.17) is 9.05 Å². The van der Waals surface area contributed by atoms with E-state index < -0.39 is 75.2 Å². The van der Waals surface area contributed by atoms with Crippen LogP contribution in [0, 0.1) is 0 Å². The van der Waals surface area contributed by atoms with Gasteiger partial charge in [0.25, 0.3) is 0 Å². The predicted molar refractivity (Wildman–Crippen MR) is 197 cm³/mol. The molecule has 0 spiro atoms. The summed E-state index contributed by atoms with van der Waals surface area (Å²) in [5.41, 5.74) is 0. The quantitative estimate of drug-likeness (QED) is 0.0282. The van der Waals surface area contributed by atoms with Gasteiger partial charge in [-0.15, -0.1) is 0 Å². The summed E-state index contributed by atoms with van der Waals surface area (Å²) >= 11 is 0. The van der Waals surface area contributed by atoms with Gasteiger partial charge in [-0.05, 0) is 32.1 Å². The van der Waals surface area contributed by atoms with Gasteiger partial charge in [-0.1, -0.05) is 128 Å². The van der Waals surface area contributed by atoms with E-state index in [0.29, 0.717) is 12.8 Å². The molecule has 0 heterocycles. The number of unbranched alkanes of at least 4 members (excludes halogenated alkanes) is 15. The first-order valence-electron chi connectivity index (χ1n) is 19.4. The van der Waals surface area contributed by atoms with Crippen molar-refractivity contribution >= 4 is 13.7 Å². The summed E-state index contributed by atoms with van der Waals surface area (Å²) in [5.74, 6) is -0.607. The van der Waals surface area contributed by atoms with E-state index in [1.807, 2.05) is 0 Å². The number of rotatable bonds is 30.